The minimum Gasteiger partial charge on any atom is -0.357 e. The van der Waals surface area contributed by atoms with Crippen LogP contribution in [0.5, 0.6) is 0 Å². The van der Waals surface area contributed by atoms with Crippen LogP contribution in [0, 0.1) is 6.92 Å². The Bertz CT molecular complexity index is 1560. The van der Waals surface area contributed by atoms with E-state index in [-0.39, 0.29) is 23.8 Å². The van der Waals surface area contributed by atoms with Crippen molar-refractivity contribution in [2.45, 2.75) is 30.8 Å². The normalized spacial score (nSPS) is 11.9. The van der Waals surface area contributed by atoms with Crippen molar-refractivity contribution in [3.8, 4) is 0 Å². The maximum absolute atomic E-state index is 14.2. The van der Waals surface area contributed by atoms with Crippen molar-refractivity contribution < 1.29 is 18.0 Å². The number of halogens is 1. The van der Waals surface area contributed by atoms with Gasteiger partial charge in [-0.3, -0.25) is 13.9 Å². The highest BCUT2D eigenvalue weighted by Crippen LogP contribution is 2.26. The molecule has 0 saturated heterocycles. The molecule has 7 nitrogen and oxygen atoms in total. The summed E-state index contributed by atoms with van der Waals surface area (Å²) < 4.78 is 29.8. The molecule has 0 radical (unpaired) electrons. The smallest absolute Gasteiger partial charge is 0.264 e. The molecule has 1 N–H and O–H groups in total. The molecule has 9 heteroatoms. The second-order valence-electron chi connectivity index (χ2n) is 9.63. The highest BCUT2D eigenvalue weighted by molar-refractivity contribution is 9.10. The van der Waals surface area contributed by atoms with Crippen LogP contribution < -0.4 is 9.62 Å². The third-order valence-electron chi connectivity index (χ3n) is 6.72. The van der Waals surface area contributed by atoms with E-state index in [0.29, 0.717) is 5.69 Å². The molecule has 0 heterocycles. The summed E-state index contributed by atoms with van der Waals surface area (Å²) in [4.78, 5) is 29.0. The summed E-state index contributed by atoms with van der Waals surface area (Å²) >= 11 is 3.40. The summed E-state index contributed by atoms with van der Waals surface area (Å²) in [7, 11) is -2.60. The standard InChI is InChI=1S/C32H32BrN3O4S/c1-24-13-19-29(20-14-24)41(39,40)36(28-17-15-27(33)16-18-28)23-31(37)35(22-26-11-7-4-8-12-26)30(32(38)34-2)21-25-9-5-3-6-10-25/h3-20,30H,21-23H2,1-2H3,(H,34,38)/t30-/m1/s1. The van der Waals surface area contributed by atoms with E-state index in [2.05, 4.69) is 21.2 Å². The molecule has 1 atom stereocenters. The van der Waals surface area contributed by atoms with Crippen LogP contribution in [-0.2, 0) is 32.6 Å². The van der Waals surface area contributed by atoms with Crippen molar-refractivity contribution >= 4 is 43.5 Å². The zero-order valence-electron chi connectivity index (χ0n) is 22.9. The number of rotatable bonds is 11. The molecule has 0 aliphatic carbocycles. The lowest BCUT2D eigenvalue weighted by atomic mass is 10.0. The Morgan fingerprint density at radius 2 is 1.37 bits per heavy atom. The van der Waals surface area contributed by atoms with Gasteiger partial charge in [-0.25, -0.2) is 8.42 Å². The first-order chi connectivity index (χ1) is 19.7. The number of likely N-dealkylation sites (N-methyl/N-ethyl adjacent to an activating group) is 1. The van der Waals surface area contributed by atoms with Gasteiger partial charge in [-0.2, -0.15) is 0 Å². The van der Waals surface area contributed by atoms with E-state index in [9.17, 15) is 18.0 Å². The van der Waals surface area contributed by atoms with Crippen LogP contribution in [0.4, 0.5) is 5.69 Å². The number of nitrogens with one attached hydrogen (secondary N) is 1. The largest absolute Gasteiger partial charge is 0.357 e. The Labute approximate surface area is 250 Å². The second kappa shape index (κ2) is 13.6. The molecular formula is C32H32BrN3O4S. The minimum atomic E-state index is -4.13. The number of carbonyl (C=O) groups excluding carboxylic acids is 2. The number of anilines is 1. The number of benzene rings is 4. The van der Waals surface area contributed by atoms with Crippen molar-refractivity contribution in [3.05, 3.63) is 130 Å². The highest BCUT2D eigenvalue weighted by atomic mass is 79.9. The molecule has 0 aliphatic heterocycles. The Hall–Kier alpha value is -3.95. The fraction of sp³-hybridized carbons (Fsp3) is 0.188. The molecular weight excluding hydrogens is 602 g/mol. The van der Waals surface area contributed by atoms with E-state index in [1.165, 1.54) is 24.1 Å². The first kappa shape index (κ1) is 30.0. The number of amides is 2. The Morgan fingerprint density at radius 3 is 1.93 bits per heavy atom. The maximum Gasteiger partial charge on any atom is 0.264 e. The predicted molar refractivity (Wildman–Crippen MR) is 165 cm³/mol. The number of aryl methyl sites for hydroxylation is 1. The number of hydrogen-bond donors (Lipinski definition) is 1. The highest BCUT2D eigenvalue weighted by Gasteiger charge is 2.34. The third-order valence-corrected chi connectivity index (χ3v) is 9.03. The van der Waals surface area contributed by atoms with Gasteiger partial charge in [0, 0.05) is 24.5 Å². The van der Waals surface area contributed by atoms with Gasteiger partial charge in [-0.1, -0.05) is 94.3 Å². The van der Waals surface area contributed by atoms with Crippen molar-refractivity contribution in [1.29, 1.82) is 0 Å². The van der Waals surface area contributed by atoms with Crippen molar-refractivity contribution in [1.82, 2.24) is 10.2 Å². The summed E-state index contributed by atoms with van der Waals surface area (Å²) in [6, 6.07) is 31.2. The first-order valence-electron chi connectivity index (χ1n) is 13.1. The lowest BCUT2D eigenvalue weighted by Crippen LogP contribution is -2.53. The van der Waals surface area contributed by atoms with E-state index in [4.69, 9.17) is 0 Å². The molecule has 4 rings (SSSR count). The van der Waals surface area contributed by atoms with Crippen LogP contribution in [0.3, 0.4) is 0 Å². The van der Waals surface area contributed by atoms with Gasteiger partial charge in [0.2, 0.25) is 11.8 Å². The van der Waals surface area contributed by atoms with Gasteiger partial charge in [0.05, 0.1) is 10.6 Å². The lowest BCUT2D eigenvalue weighted by molar-refractivity contribution is -0.139. The summed E-state index contributed by atoms with van der Waals surface area (Å²) in [6.07, 6.45) is 0.266. The van der Waals surface area contributed by atoms with Gasteiger partial charge in [0.25, 0.3) is 10.0 Å². The Kier molecular flexibility index (Phi) is 9.96. The van der Waals surface area contributed by atoms with Crippen LogP contribution in [0.25, 0.3) is 0 Å². The molecule has 2 amide bonds. The average molecular weight is 635 g/mol. The Morgan fingerprint density at radius 1 is 0.805 bits per heavy atom. The number of carbonyl (C=O) groups is 2. The van der Waals surface area contributed by atoms with Gasteiger partial charge in [-0.15, -0.1) is 0 Å². The number of nitrogens with zero attached hydrogens (tertiary/aromatic N) is 2. The van der Waals surface area contributed by atoms with Gasteiger partial charge >= 0.3 is 0 Å². The van der Waals surface area contributed by atoms with Crippen LogP contribution in [0.2, 0.25) is 0 Å². The summed E-state index contributed by atoms with van der Waals surface area (Å²) in [5, 5.41) is 2.69. The molecule has 0 bridgehead atoms. The number of hydrogen-bond acceptors (Lipinski definition) is 4. The van der Waals surface area contributed by atoms with Crippen LogP contribution in [0.15, 0.2) is 119 Å². The molecule has 0 saturated carbocycles. The minimum absolute atomic E-state index is 0.0700. The van der Waals surface area contributed by atoms with Gasteiger partial charge in [0.1, 0.15) is 12.6 Å². The zero-order chi connectivity index (χ0) is 29.4. The molecule has 0 aliphatic rings. The summed E-state index contributed by atoms with van der Waals surface area (Å²) in [5.41, 5.74) is 2.95. The molecule has 212 valence electrons. The lowest BCUT2D eigenvalue weighted by Gasteiger charge is -2.33. The fourth-order valence-corrected chi connectivity index (χ4v) is 6.15. The van der Waals surface area contributed by atoms with E-state index in [1.54, 1.807) is 36.4 Å². The van der Waals surface area contributed by atoms with Crippen LogP contribution in [0.1, 0.15) is 16.7 Å². The topological polar surface area (TPSA) is 86.8 Å². The van der Waals surface area contributed by atoms with Gasteiger partial charge in [-0.05, 0) is 54.4 Å². The first-order valence-corrected chi connectivity index (χ1v) is 15.4. The van der Waals surface area contributed by atoms with Crippen LogP contribution in [-0.4, -0.2) is 44.8 Å². The summed E-state index contributed by atoms with van der Waals surface area (Å²) in [5.74, 6) is -0.841. The zero-order valence-corrected chi connectivity index (χ0v) is 25.3. The Balaban J connectivity index is 1.77. The quantitative estimate of drug-likeness (QED) is 0.242. The second-order valence-corrected chi connectivity index (χ2v) is 12.4. The molecule has 41 heavy (non-hydrogen) atoms. The van der Waals surface area contributed by atoms with E-state index in [1.807, 2.05) is 67.6 Å². The maximum atomic E-state index is 14.2. The molecule has 0 spiro atoms. The van der Waals surface area contributed by atoms with Crippen LogP contribution >= 0.6 is 15.9 Å². The SMILES string of the molecule is CNC(=O)[C@@H](Cc1ccccc1)N(Cc1ccccc1)C(=O)CN(c1ccc(Br)cc1)S(=O)(=O)c1ccc(C)cc1. The molecule has 0 aromatic heterocycles. The third kappa shape index (κ3) is 7.62. The van der Waals surface area contributed by atoms with E-state index < -0.39 is 28.5 Å². The summed E-state index contributed by atoms with van der Waals surface area (Å²) in [6.45, 7) is 1.51. The van der Waals surface area contributed by atoms with Crippen molar-refractivity contribution in [2.24, 2.45) is 0 Å². The number of sulfonamides is 1. The van der Waals surface area contributed by atoms with E-state index in [0.717, 1.165) is 25.5 Å². The molecule has 4 aromatic carbocycles. The molecule has 4 aromatic rings. The van der Waals surface area contributed by atoms with E-state index >= 15 is 0 Å². The predicted octanol–water partition coefficient (Wildman–Crippen LogP) is 5.34. The van der Waals surface area contributed by atoms with Crippen molar-refractivity contribution in [2.75, 3.05) is 17.9 Å². The molecule has 0 unspecified atom stereocenters. The van der Waals surface area contributed by atoms with Gasteiger partial charge in [0.15, 0.2) is 0 Å². The van der Waals surface area contributed by atoms with Gasteiger partial charge < -0.3 is 10.2 Å². The average Bonchev–Trinajstić information content (AvgIpc) is 2.99. The monoisotopic (exact) mass is 633 g/mol. The fourth-order valence-electron chi connectivity index (χ4n) is 4.47. The molecule has 0 fully saturated rings. The van der Waals surface area contributed by atoms with Crippen molar-refractivity contribution in [3.63, 3.8) is 0 Å².